The molecule has 1 saturated carbocycles. The Hall–Kier alpha value is -0.970. The lowest BCUT2D eigenvalue weighted by Gasteiger charge is -2.35. The molecule has 19 heavy (non-hydrogen) atoms. The maximum Gasteiger partial charge on any atom is 0.309 e. The monoisotopic (exact) mass is 332 g/mol. The van der Waals surface area contributed by atoms with Crippen molar-refractivity contribution in [2.45, 2.75) is 31.1 Å². The van der Waals surface area contributed by atoms with Gasteiger partial charge in [-0.15, -0.1) is 0 Å². The molecule has 1 aliphatic rings. The number of ether oxygens (including phenoxy) is 1. The van der Waals surface area contributed by atoms with Gasteiger partial charge in [0, 0.05) is 17.3 Å². The van der Waals surface area contributed by atoms with Crippen LogP contribution in [-0.2, 0) is 9.53 Å². The number of rotatable bonds is 2. The van der Waals surface area contributed by atoms with Crippen LogP contribution in [-0.4, -0.2) is 19.0 Å². The van der Waals surface area contributed by atoms with Crippen LogP contribution in [0.15, 0.2) is 28.7 Å². The second kappa shape index (κ2) is 5.57. The average molecular weight is 333 g/mol. The highest BCUT2D eigenvalue weighted by Gasteiger charge is 2.45. The van der Waals surface area contributed by atoms with Crippen LogP contribution < -0.4 is 0 Å². The van der Waals surface area contributed by atoms with E-state index < -0.39 is 24.2 Å². The summed E-state index contributed by atoms with van der Waals surface area (Å²) in [4.78, 5) is 11.8. The summed E-state index contributed by atoms with van der Waals surface area (Å²) in [6.07, 6.45) is -0.340. The van der Waals surface area contributed by atoms with Crippen molar-refractivity contribution >= 4 is 21.9 Å². The van der Waals surface area contributed by atoms with Gasteiger partial charge in [0.15, 0.2) is 0 Å². The number of alkyl halides is 2. The van der Waals surface area contributed by atoms with E-state index >= 15 is 0 Å². The normalized spacial score (nSPS) is 25.9. The van der Waals surface area contributed by atoms with Crippen molar-refractivity contribution in [3.8, 4) is 0 Å². The predicted molar refractivity (Wildman–Crippen MR) is 71.2 cm³/mol. The molecule has 0 unspecified atom stereocenters. The van der Waals surface area contributed by atoms with E-state index in [2.05, 4.69) is 20.7 Å². The molecule has 1 fully saturated rings. The highest BCUT2D eigenvalue weighted by molar-refractivity contribution is 9.10. The smallest absolute Gasteiger partial charge is 0.309 e. The molecule has 2 nitrogen and oxygen atoms in total. The lowest BCUT2D eigenvalue weighted by atomic mass is 9.74. The number of carbonyl (C=O) groups excluding carboxylic acids is 1. The first-order chi connectivity index (χ1) is 8.94. The zero-order valence-electron chi connectivity index (χ0n) is 10.5. The summed E-state index contributed by atoms with van der Waals surface area (Å²) in [5.41, 5.74) is 0.897. The first-order valence-electron chi connectivity index (χ1n) is 6.15. The predicted octanol–water partition coefficient (Wildman–Crippen LogP) is 4.14. The van der Waals surface area contributed by atoms with Crippen LogP contribution in [0, 0.1) is 5.92 Å². The summed E-state index contributed by atoms with van der Waals surface area (Å²) in [5, 5.41) is 0. The quantitative estimate of drug-likeness (QED) is 0.761. The van der Waals surface area contributed by atoms with E-state index in [1.165, 1.54) is 7.11 Å². The van der Waals surface area contributed by atoms with Gasteiger partial charge in [-0.1, -0.05) is 34.1 Å². The van der Waals surface area contributed by atoms with Gasteiger partial charge in [-0.25, -0.2) is 8.78 Å². The third-order valence-corrected chi connectivity index (χ3v) is 4.36. The second-order valence-corrected chi connectivity index (χ2v) is 5.71. The largest absolute Gasteiger partial charge is 0.469 e. The molecule has 0 aromatic heterocycles. The molecule has 0 spiro atoms. The minimum atomic E-state index is -2.78. The van der Waals surface area contributed by atoms with Gasteiger partial charge >= 0.3 is 5.97 Å². The van der Waals surface area contributed by atoms with Crippen molar-refractivity contribution in [2.75, 3.05) is 7.11 Å². The molecule has 2 atom stereocenters. The van der Waals surface area contributed by atoms with Gasteiger partial charge in [0.05, 0.1) is 13.0 Å². The summed E-state index contributed by atoms with van der Waals surface area (Å²) in [5.74, 6) is -4.34. The van der Waals surface area contributed by atoms with Crippen LogP contribution in [0.3, 0.4) is 0 Å². The summed E-state index contributed by atoms with van der Waals surface area (Å²) >= 11 is 3.42. The lowest BCUT2D eigenvalue weighted by molar-refractivity contribution is -0.154. The molecule has 1 aromatic rings. The van der Waals surface area contributed by atoms with E-state index in [1.807, 2.05) is 24.3 Å². The molecule has 1 aliphatic carbocycles. The third-order valence-electron chi connectivity index (χ3n) is 3.63. The highest BCUT2D eigenvalue weighted by atomic mass is 79.9. The highest BCUT2D eigenvalue weighted by Crippen LogP contribution is 2.46. The lowest BCUT2D eigenvalue weighted by Crippen LogP contribution is -2.36. The molecule has 5 heteroatoms. The van der Waals surface area contributed by atoms with Crippen LogP contribution in [0.5, 0.6) is 0 Å². The molecule has 0 aliphatic heterocycles. The van der Waals surface area contributed by atoms with Crippen molar-refractivity contribution in [3.63, 3.8) is 0 Å². The molecule has 0 saturated heterocycles. The Morgan fingerprint density at radius 2 is 2.11 bits per heavy atom. The zero-order chi connectivity index (χ0) is 14.0. The molecule has 2 rings (SSSR count). The fourth-order valence-electron chi connectivity index (χ4n) is 2.68. The Balaban J connectivity index is 2.33. The van der Waals surface area contributed by atoms with E-state index in [4.69, 9.17) is 0 Å². The maximum absolute atomic E-state index is 13.5. The van der Waals surface area contributed by atoms with Gasteiger partial charge in [-0.2, -0.15) is 0 Å². The van der Waals surface area contributed by atoms with Gasteiger partial charge in [0.2, 0.25) is 5.92 Å². The molecule has 0 bridgehead atoms. The third kappa shape index (κ3) is 3.14. The first-order valence-corrected chi connectivity index (χ1v) is 6.94. The Morgan fingerprint density at radius 3 is 2.74 bits per heavy atom. The number of methoxy groups -OCH3 is 1. The van der Waals surface area contributed by atoms with Gasteiger partial charge in [-0.05, 0) is 24.0 Å². The van der Waals surface area contributed by atoms with Crippen molar-refractivity contribution in [3.05, 3.63) is 34.3 Å². The van der Waals surface area contributed by atoms with Gasteiger partial charge < -0.3 is 4.74 Å². The van der Waals surface area contributed by atoms with Crippen molar-refractivity contribution in [2.24, 2.45) is 5.92 Å². The second-order valence-electron chi connectivity index (χ2n) is 4.86. The molecule has 104 valence electrons. The minimum absolute atomic E-state index is 0.188. The van der Waals surface area contributed by atoms with Crippen molar-refractivity contribution in [1.82, 2.24) is 0 Å². The van der Waals surface area contributed by atoms with Crippen molar-refractivity contribution in [1.29, 1.82) is 0 Å². The van der Waals surface area contributed by atoms with Crippen LogP contribution in [0.4, 0.5) is 8.78 Å². The van der Waals surface area contributed by atoms with Crippen LogP contribution in [0.25, 0.3) is 0 Å². The molecule has 0 N–H and O–H groups in total. The fraction of sp³-hybridized carbons (Fsp3) is 0.500. The maximum atomic E-state index is 13.5. The topological polar surface area (TPSA) is 26.3 Å². The molecule has 0 heterocycles. The van der Waals surface area contributed by atoms with E-state index in [1.54, 1.807) is 0 Å². The minimum Gasteiger partial charge on any atom is -0.469 e. The van der Waals surface area contributed by atoms with Gasteiger partial charge in [-0.3, -0.25) is 4.79 Å². The van der Waals surface area contributed by atoms with Crippen LogP contribution in [0.1, 0.15) is 30.7 Å². The average Bonchev–Trinajstić information content (AvgIpc) is 2.38. The summed E-state index contributed by atoms with van der Waals surface area (Å²) in [7, 11) is 1.24. The molecule has 0 amide bonds. The fourth-order valence-corrected chi connectivity index (χ4v) is 3.26. The molecule has 1 aromatic carbocycles. The SMILES string of the molecule is COC(=O)[C@@H]1CC(F)(F)CC[C@H]1c1ccccc1Br. The number of hydrogen-bond donors (Lipinski definition) is 0. The Kier molecular flexibility index (Phi) is 4.23. The van der Waals surface area contributed by atoms with Crippen LogP contribution >= 0.6 is 15.9 Å². The number of benzene rings is 1. The van der Waals surface area contributed by atoms with E-state index in [0.29, 0.717) is 0 Å². The Morgan fingerprint density at radius 1 is 1.42 bits per heavy atom. The number of esters is 1. The summed E-state index contributed by atoms with van der Waals surface area (Å²) in [6, 6.07) is 7.43. The Bertz CT molecular complexity index is 476. The molecule has 0 radical (unpaired) electrons. The Labute approximate surface area is 119 Å². The number of halogens is 3. The molecular weight excluding hydrogens is 318 g/mol. The zero-order valence-corrected chi connectivity index (χ0v) is 12.1. The summed E-state index contributed by atoms with van der Waals surface area (Å²) in [6.45, 7) is 0. The standard InChI is InChI=1S/C14H15BrF2O2/c1-19-13(18)11-8-14(16,17)7-6-9(11)10-4-2-3-5-12(10)15/h2-5,9,11H,6-8H2,1H3/t9-,11+/m0/s1. The molecular formula is C14H15BrF2O2. The van der Waals surface area contributed by atoms with Crippen molar-refractivity contribution < 1.29 is 18.3 Å². The van der Waals surface area contributed by atoms with Gasteiger partial charge in [0.1, 0.15) is 0 Å². The number of hydrogen-bond acceptors (Lipinski definition) is 2. The first kappa shape index (κ1) is 14.4. The van der Waals surface area contributed by atoms with Gasteiger partial charge in [0.25, 0.3) is 0 Å². The summed E-state index contributed by atoms with van der Waals surface area (Å²) < 4.78 is 32.6. The van der Waals surface area contributed by atoms with E-state index in [-0.39, 0.29) is 18.8 Å². The number of carbonyl (C=O) groups is 1. The van der Waals surface area contributed by atoms with E-state index in [0.717, 1.165) is 10.0 Å². The van der Waals surface area contributed by atoms with Crippen LogP contribution in [0.2, 0.25) is 0 Å². The van der Waals surface area contributed by atoms with E-state index in [9.17, 15) is 13.6 Å².